The molecule has 3 nitrogen and oxygen atoms in total. The normalized spacial score (nSPS) is 16.5. The van der Waals surface area contributed by atoms with Crippen LogP contribution in [0.15, 0.2) is 66.9 Å². The Kier molecular flexibility index (Phi) is 3.29. The van der Waals surface area contributed by atoms with Gasteiger partial charge in [-0.3, -0.25) is 4.98 Å². The van der Waals surface area contributed by atoms with Crippen molar-refractivity contribution in [3.63, 3.8) is 0 Å². The van der Waals surface area contributed by atoms with Crippen LogP contribution < -0.4 is 0 Å². The number of hydrogen-bond donors (Lipinski definition) is 0. The summed E-state index contributed by atoms with van der Waals surface area (Å²) in [5, 5.41) is 0. The minimum atomic E-state index is -0.0845. The topological polar surface area (TPSA) is 38.7 Å². The van der Waals surface area contributed by atoms with E-state index in [1.807, 2.05) is 12.3 Å². The van der Waals surface area contributed by atoms with Crippen LogP contribution in [-0.2, 0) is 10.8 Å². The van der Waals surface area contributed by atoms with Crippen molar-refractivity contribution in [2.45, 2.75) is 38.5 Å². The van der Waals surface area contributed by atoms with Gasteiger partial charge in [0, 0.05) is 22.6 Å². The molecule has 0 saturated carbocycles. The number of hydrogen-bond acceptors (Lipinski definition) is 3. The van der Waals surface area contributed by atoms with E-state index < -0.39 is 0 Å². The molecule has 0 aliphatic heterocycles. The van der Waals surface area contributed by atoms with Crippen LogP contribution >= 0.6 is 0 Å². The maximum atomic E-state index is 5.10. The maximum absolute atomic E-state index is 5.10. The van der Waals surface area contributed by atoms with Gasteiger partial charge in [-0.2, -0.15) is 0 Å². The quantitative estimate of drug-likeness (QED) is 0.392. The largest absolute Gasteiger partial charge is 0.254 e. The van der Waals surface area contributed by atoms with Crippen LogP contribution in [0.2, 0.25) is 0 Å². The zero-order valence-corrected chi connectivity index (χ0v) is 17.7. The van der Waals surface area contributed by atoms with E-state index in [2.05, 4.69) is 87.3 Å². The zero-order valence-electron chi connectivity index (χ0n) is 17.7. The summed E-state index contributed by atoms with van der Waals surface area (Å²) in [6.07, 6.45) is 1.85. The Balaban J connectivity index is 1.53. The lowest BCUT2D eigenvalue weighted by molar-refractivity contribution is 0.657. The molecule has 1 aromatic carbocycles. The summed E-state index contributed by atoms with van der Waals surface area (Å²) in [6, 6.07) is 21.4. The van der Waals surface area contributed by atoms with E-state index in [0.717, 1.165) is 28.5 Å². The second-order valence-corrected chi connectivity index (χ2v) is 9.38. The van der Waals surface area contributed by atoms with Gasteiger partial charge in [0.15, 0.2) is 0 Å². The van der Waals surface area contributed by atoms with Crippen molar-refractivity contribution in [2.24, 2.45) is 0 Å². The smallest absolute Gasteiger partial charge is 0.0938 e. The Morgan fingerprint density at radius 3 is 1.87 bits per heavy atom. The van der Waals surface area contributed by atoms with Crippen molar-refractivity contribution < 1.29 is 0 Å². The van der Waals surface area contributed by atoms with E-state index >= 15 is 0 Å². The predicted molar refractivity (Wildman–Crippen MR) is 120 cm³/mol. The van der Waals surface area contributed by atoms with Gasteiger partial charge in [0.25, 0.3) is 0 Å². The van der Waals surface area contributed by atoms with E-state index in [-0.39, 0.29) is 10.8 Å². The first-order valence-electron chi connectivity index (χ1n) is 10.5. The number of nitrogens with zero attached hydrogens (tertiary/aromatic N) is 3. The van der Waals surface area contributed by atoms with Crippen LogP contribution in [0.25, 0.3) is 34.0 Å². The van der Waals surface area contributed by atoms with Crippen LogP contribution in [-0.4, -0.2) is 15.0 Å². The first kappa shape index (κ1) is 17.5. The SMILES string of the molecule is CC1(C)c2ccccc2-c2nc(-c3ccc4c(n3)-c3ncccc3C4(C)C)ccc21. The van der Waals surface area contributed by atoms with E-state index in [9.17, 15) is 0 Å². The Hall–Kier alpha value is -3.33. The molecule has 2 aliphatic carbocycles. The maximum Gasteiger partial charge on any atom is 0.0938 e. The molecule has 3 aromatic heterocycles. The molecule has 2 aliphatic rings. The van der Waals surface area contributed by atoms with Gasteiger partial charge in [0.2, 0.25) is 0 Å². The van der Waals surface area contributed by atoms with Gasteiger partial charge in [-0.05, 0) is 40.5 Å². The summed E-state index contributed by atoms with van der Waals surface area (Å²) in [6.45, 7) is 9.04. The summed E-state index contributed by atoms with van der Waals surface area (Å²) >= 11 is 0. The summed E-state index contributed by atoms with van der Waals surface area (Å²) in [5.74, 6) is 0. The molecular weight excluding hydrogens is 366 g/mol. The number of rotatable bonds is 1. The third-order valence-corrected chi connectivity index (χ3v) is 6.96. The molecule has 0 fully saturated rings. The number of aromatic nitrogens is 3. The fourth-order valence-electron chi connectivity index (χ4n) is 5.22. The van der Waals surface area contributed by atoms with Gasteiger partial charge in [-0.25, -0.2) is 9.97 Å². The summed E-state index contributed by atoms with van der Waals surface area (Å²) in [5.41, 5.74) is 11.1. The summed E-state index contributed by atoms with van der Waals surface area (Å²) in [7, 11) is 0. The lowest BCUT2D eigenvalue weighted by atomic mass is 9.83. The van der Waals surface area contributed by atoms with Crippen LogP contribution in [0.1, 0.15) is 49.9 Å². The first-order valence-corrected chi connectivity index (χ1v) is 10.5. The first-order chi connectivity index (χ1) is 14.4. The zero-order chi connectivity index (χ0) is 20.7. The van der Waals surface area contributed by atoms with E-state index in [1.54, 1.807) is 0 Å². The van der Waals surface area contributed by atoms with Gasteiger partial charge in [-0.15, -0.1) is 0 Å². The second kappa shape index (κ2) is 5.63. The van der Waals surface area contributed by atoms with Crippen LogP contribution in [0, 0.1) is 0 Å². The molecule has 0 atom stereocenters. The highest BCUT2D eigenvalue weighted by Gasteiger charge is 2.38. The molecule has 0 N–H and O–H groups in total. The molecule has 0 amide bonds. The van der Waals surface area contributed by atoms with Gasteiger partial charge < -0.3 is 0 Å². The minimum Gasteiger partial charge on any atom is -0.254 e. The molecule has 3 heterocycles. The van der Waals surface area contributed by atoms with Gasteiger partial charge in [0.05, 0.1) is 28.5 Å². The Morgan fingerprint density at radius 1 is 0.533 bits per heavy atom. The fourth-order valence-corrected chi connectivity index (χ4v) is 5.22. The molecule has 0 spiro atoms. The number of pyridine rings is 3. The molecule has 6 rings (SSSR count). The van der Waals surface area contributed by atoms with E-state index in [0.29, 0.717) is 0 Å². The lowest BCUT2D eigenvalue weighted by Gasteiger charge is -2.21. The summed E-state index contributed by atoms with van der Waals surface area (Å²) in [4.78, 5) is 14.8. The predicted octanol–water partition coefficient (Wildman–Crippen LogP) is 6.15. The van der Waals surface area contributed by atoms with Crippen molar-refractivity contribution in [1.29, 1.82) is 0 Å². The summed E-state index contributed by atoms with van der Waals surface area (Å²) < 4.78 is 0. The fraction of sp³-hybridized carbons (Fsp3) is 0.222. The molecule has 0 unspecified atom stereocenters. The van der Waals surface area contributed by atoms with Crippen molar-refractivity contribution >= 4 is 0 Å². The highest BCUT2D eigenvalue weighted by Crippen LogP contribution is 2.49. The molecule has 146 valence electrons. The van der Waals surface area contributed by atoms with Crippen molar-refractivity contribution in [3.8, 4) is 34.0 Å². The average molecular weight is 390 g/mol. The average Bonchev–Trinajstić information content (AvgIpc) is 3.14. The Labute approximate surface area is 176 Å². The molecule has 0 radical (unpaired) electrons. The van der Waals surface area contributed by atoms with Crippen LogP contribution in [0.3, 0.4) is 0 Å². The second-order valence-electron chi connectivity index (χ2n) is 9.38. The molecule has 0 bridgehead atoms. The van der Waals surface area contributed by atoms with Crippen molar-refractivity contribution in [2.75, 3.05) is 0 Å². The Morgan fingerprint density at radius 2 is 1.10 bits per heavy atom. The van der Waals surface area contributed by atoms with Crippen LogP contribution in [0.5, 0.6) is 0 Å². The molecule has 3 heteroatoms. The third-order valence-electron chi connectivity index (χ3n) is 6.96. The van der Waals surface area contributed by atoms with Crippen LogP contribution in [0.4, 0.5) is 0 Å². The third kappa shape index (κ3) is 2.12. The van der Waals surface area contributed by atoms with Crippen molar-refractivity contribution in [1.82, 2.24) is 15.0 Å². The molecule has 4 aromatic rings. The molecule has 30 heavy (non-hydrogen) atoms. The van der Waals surface area contributed by atoms with Gasteiger partial charge in [0.1, 0.15) is 0 Å². The molecular formula is C27H23N3. The van der Waals surface area contributed by atoms with E-state index in [4.69, 9.17) is 9.97 Å². The molecule has 0 saturated heterocycles. The lowest BCUT2D eigenvalue weighted by Crippen LogP contribution is -2.15. The van der Waals surface area contributed by atoms with Gasteiger partial charge >= 0.3 is 0 Å². The van der Waals surface area contributed by atoms with Crippen molar-refractivity contribution in [3.05, 3.63) is 89.1 Å². The Bertz CT molecular complexity index is 1240. The monoisotopic (exact) mass is 389 g/mol. The minimum absolute atomic E-state index is 0.0320. The van der Waals surface area contributed by atoms with Gasteiger partial charge in [-0.1, -0.05) is 70.2 Å². The highest BCUT2D eigenvalue weighted by atomic mass is 14.8. The number of benzene rings is 1. The van der Waals surface area contributed by atoms with E-state index in [1.165, 1.54) is 27.8 Å². The highest BCUT2D eigenvalue weighted by molar-refractivity contribution is 5.80. The number of fused-ring (bicyclic) bond motifs is 6. The standard InChI is InChI=1S/C27H23N3/c1-26(2)17-9-6-5-8-16(17)23-19(26)11-13-21(29-23)22-14-12-20-25(30-22)24-18(27(20,3)4)10-7-15-28-24/h5-15H,1-4H3.